The van der Waals surface area contributed by atoms with Gasteiger partial charge in [-0.05, 0) is 12.0 Å². The number of carbonyl (C=O) groups is 2. The molecule has 0 spiro atoms. The highest BCUT2D eigenvalue weighted by Crippen LogP contribution is 2.36. The van der Waals surface area contributed by atoms with Crippen LogP contribution in [0.3, 0.4) is 0 Å². The first-order valence-electron chi connectivity index (χ1n) is 9.20. The lowest BCUT2D eigenvalue weighted by Gasteiger charge is -2.18. The molecular formula is C18H19F3N6O2. The zero-order valence-electron chi connectivity index (χ0n) is 15.6. The second kappa shape index (κ2) is 7.05. The molecule has 4 heterocycles. The number of fused-ring (bicyclic) bond motifs is 3. The van der Waals surface area contributed by atoms with Gasteiger partial charge in [0.2, 0.25) is 6.41 Å². The molecule has 2 atom stereocenters. The maximum absolute atomic E-state index is 12.4. The third kappa shape index (κ3) is 3.40. The number of amides is 2. The second-order valence-corrected chi connectivity index (χ2v) is 7.13. The quantitative estimate of drug-likeness (QED) is 0.672. The SMILES string of the molecule is CCC1CN(C(=O)NCC(F)(F)F)CC1c1cnc2cnc3c(ccn3C=O)n12. The van der Waals surface area contributed by atoms with E-state index in [2.05, 4.69) is 9.97 Å². The number of likely N-dealkylation sites (tertiary alicyclic amines) is 1. The molecule has 0 saturated carbocycles. The molecule has 1 fully saturated rings. The van der Waals surface area contributed by atoms with Gasteiger partial charge in [0.15, 0.2) is 11.3 Å². The highest BCUT2D eigenvalue weighted by Gasteiger charge is 2.38. The van der Waals surface area contributed by atoms with E-state index >= 15 is 0 Å². The Hall–Kier alpha value is -3.11. The zero-order chi connectivity index (χ0) is 20.8. The van der Waals surface area contributed by atoms with Gasteiger partial charge in [-0.3, -0.25) is 13.8 Å². The van der Waals surface area contributed by atoms with E-state index in [0.717, 1.165) is 12.1 Å². The summed E-state index contributed by atoms with van der Waals surface area (Å²) < 4.78 is 40.5. The number of halogens is 3. The predicted molar refractivity (Wildman–Crippen MR) is 98.2 cm³/mol. The number of alkyl halides is 3. The van der Waals surface area contributed by atoms with Gasteiger partial charge in [-0.15, -0.1) is 0 Å². The van der Waals surface area contributed by atoms with Crippen molar-refractivity contribution in [2.75, 3.05) is 19.6 Å². The standard InChI is InChI=1S/C18H19F3N6O2/c1-2-11-7-26(17(29)24-9-18(19,20)21)8-12(11)14-5-22-15-6-23-16-13(27(14)15)3-4-25(16)10-28/h3-6,10-12H,2,7-9H2,1H3,(H,24,29). The van der Waals surface area contributed by atoms with Crippen LogP contribution in [0.1, 0.15) is 25.0 Å². The molecule has 29 heavy (non-hydrogen) atoms. The lowest BCUT2D eigenvalue weighted by Crippen LogP contribution is -2.42. The maximum atomic E-state index is 12.4. The molecule has 1 N–H and O–H groups in total. The summed E-state index contributed by atoms with van der Waals surface area (Å²) in [6.07, 6.45) is 1.84. The van der Waals surface area contributed by atoms with Gasteiger partial charge in [-0.2, -0.15) is 13.2 Å². The summed E-state index contributed by atoms with van der Waals surface area (Å²) in [6, 6.07) is 1.04. The molecule has 0 aliphatic carbocycles. The van der Waals surface area contributed by atoms with Crippen LogP contribution in [0.5, 0.6) is 0 Å². The van der Waals surface area contributed by atoms with Crippen LogP contribution in [0.4, 0.5) is 18.0 Å². The van der Waals surface area contributed by atoms with E-state index in [-0.39, 0.29) is 18.4 Å². The Bertz CT molecular complexity index is 1070. The molecule has 0 aromatic carbocycles. The fourth-order valence-electron chi connectivity index (χ4n) is 4.01. The predicted octanol–water partition coefficient (Wildman–Crippen LogP) is 2.42. The van der Waals surface area contributed by atoms with Gasteiger partial charge in [-0.25, -0.2) is 14.8 Å². The molecule has 0 bridgehead atoms. The first kappa shape index (κ1) is 19.2. The molecule has 4 rings (SSSR count). The van der Waals surface area contributed by atoms with Crippen LogP contribution in [0, 0.1) is 5.92 Å². The van der Waals surface area contributed by atoms with Crippen LogP contribution >= 0.6 is 0 Å². The van der Waals surface area contributed by atoms with Crippen LogP contribution < -0.4 is 5.32 Å². The Morgan fingerprint density at radius 2 is 2.10 bits per heavy atom. The number of aromatic nitrogens is 4. The summed E-state index contributed by atoms with van der Waals surface area (Å²) >= 11 is 0. The number of hydrogen-bond acceptors (Lipinski definition) is 4. The molecule has 3 aromatic heterocycles. The summed E-state index contributed by atoms with van der Waals surface area (Å²) in [5, 5.41) is 1.94. The largest absolute Gasteiger partial charge is 0.405 e. The summed E-state index contributed by atoms with van der Waals surface area (Å²) in [6.45, 7) is 1.28. The minimum Gasteiger partial charge on any atom is -0.329 e. The maximum Gasteiger partial charge on any atom is 0.405 e. The fourth-order valence-corrected chi connectivity index (χ4v) is 4.01. The molecular weight excluding hydrogens is 389 g/mol. The first-order valence-corrected chi connectivity index (χ1v) is 9.20. The Morgan fingerprint density at radius 1 is 1.31 bits per heavy atom. The number of carbonyl (C=O) groups excluding carboxylic acids is 2. The Kier molecular flexibility index (Phi) is 4.67. The van der Waals surface area contributed by atoms with Gasteiger partial charge in [0.25, 0.3) is 0 Å². The number of nitrogens with zero attached hydrogens (tertiary/aromatic N) is 5. The Balaban J connectivity index is 1.67. The van der Waals surface area contributed by atoms with Crippen molar-refractivity contribution in [1.82, 2.24) is 29.2 Å². The highest BCUT2D eigenvalue weighted by atomic mass is 19.4. The topological polar surface area (TPSA) is 84.5 Å². The molecule has 8 nitrogen and oxygen atoms in total. The van der Waals surface area contributed by atoms with Crippen LogP contribution in [0.25, 0.3) is 16.8 Å². The van der Waals surface area contributed by atoms with E-state index in [1.807, 2.05) is 16.6 Å². The lowest BCUT2D eigenvalue weighted by atomic mass is 9.91. The van der Waals surface area contributed by atoms with Gasteiger partial charge in [0.1, 0.15) is 6.54 Å². The van der Waals surface area contributed by atoms with Crippen molar-refractivity contribution in [2.45, 2.75) is 25.4 Å². The zero-order valence-corrected chi connectivity index (χ0v) is 15.6. The van der Waals surface area contributed by atoms with Crippen LogP contribution in [-0.4, -0.2) is 62.1 Å². The normalized spacial score (nSPS) is 19.9. The number of hydrogen-bond donors (Lipinski definition) is 1. The van der Waals surface area contributed by atoms with Gasteiger partial charge in [-0.1, -0.05) is 13.3 Å². The molecule has 2 unspecified atom stereocenters. The number of nitrogens with one attached hydrogen (secondary N) is 1. The van der Waals surface area contributed by atoms with Crippen LogP contribution in [0.2, 0.25) is 0 Å². The molecule has 0 radical (unpaired) electrons. The van der Waals surface area contributed by atoms with Crippen molar-refractivity contribution in [3.63, 3.8) is 0 Å². The van der Waals surface area contributed by atoms with E-state index in [1.165, 1.54) is 9.47 Å². The Morgan fingerprint density at radius 3 is 2.79 bits per heavy atom. The minimum absolute atomic E-state index is 0.0721. The summed E-state index contributed by atoms with van der Waals surface area (Å²) in [5.41, 5.74) is 2.63. The third-order valence-corrected chi connectivity index (χ3v) is 5.41. The third-order valence-electron chi connectivity index (χ3n) is 5.41. The van der Waals surface area contributed by atoms with Crippen molar-refractivity contribution in [3.8, 4) is 0 Å². The summed E-state index contributed by atoms with van der Waals surface area (Å²) in [7, 11) is 0. The van der Waals surface area contributed by atoms with Crippen molar-refractivity contribution in [3.05, 3.63) is 30.4 Å². The van der Waals surface area contributed by atoms with E-state index in [4.69, 9.17) is 0 Å². The van der Waals surface area contributed by atoms with Crippen molar-refractivity contribution in [1.29, 1.82) is 0 Å². The molecule has 154 valence electrons. The molecule has 2 amide bonds. The molecule has 1 saturated heterocycles. The summed E-state index contributed by atoms with van der Waals surface area (Å²) in [5.74, 6) is -0.0280. The average Bonchev–Trinajstić information content (AvgIpc) is 3.39. The van der Waals surface area contributed by atoms with E-state index in [0.29, 0.717) is 29.8 Å². The molecule has 1 aliphatic heterocycles. The molecule has 11 heteroatoms. The van der Waals surface area contributed by atoms with E-state index in [9.17, 15) is 22.8 Å². The van der Waals surface area contributed by atoms with Gasteiger partial charge >= 0.3 is 12.2 Å². The van der Waals surface area contributed by atoms with E-state index < -0.39 is 18.8 Å². The summed E-state index contributed by atoms with van der Waals surface area (Å²) in [4.78, 5) is 33.5. The number of rotatable bonds is 4. The Labute approximate surface area is 163 Å². The second-order valence-electron chi connectivity index (χ2n) is 7.13. The minimum atomic E-state index is -4.45. The van der Waals surface area contributed by atoms with Gasteiger partial charge in [0.05, 0.1) is 11.7 Å². The first-order chi connectivity index (χ1) is 13.8. The molecule has 3 aromatic rings. The number of imidazole rings is 1. The fraction of sp³-hybridized carbons (Fsp3) is 0.444. The van der Waals surface area contributed by atoms with Crippen LogP contribution in [-0.2, 0) is 4.79 Å². The van der Waals surface area contributed by atoms with Crippen molar-refractivity contribution >= 4 is 29.3 Å². The van der Waals surface area contributed by atoms with E-state index in [1.54, 1.807) is 24.7 Å². The van der Waals surface area contributed by atoms with Crippen molar-refractivity contribution in [2.24, 2.45) is 5.92 Å². The monoisotopic (exact) mass is 408 g/mol. The highest BCUT2D eigenvalue weighted by molar-refractivity contribution is 5.81. The molecule has 1 aliphatic rings. The average molecular weight is 408 g/mol. The van der Waals surface area contributed by atoms with Crippen LogP contribution in [0.15, 0.2) is 24.7 Å². The van der Waals surface area contributed by atoms with Crippen molar-refractivity contribution < 1.29 is 22.8 Å². The number of urea groups is 1. The van der Waals surface area contributed by atoms with Gasteiger partial charge in [0, 0.05) is 37.1 Å². The van der Waals surface area contributed by atoms with Gasteiger partial charge < -0.3 is 10.2 Å². The smallest absolute Gasteiger partial charge is 0.329 e. The lowest BCUT2D eigenvalue weighted by molar-refractivity contribution is -0.123.